The molecule has 10 heteroatoms. The number of hydrogen-bond acceptors (Lipinski definition) is 6. The summed E-state index contributed by atoms with van der Waals surface area (Å²) in [4.78, 5) is 17.5. The SMILES string of the molecule is CCN1CCN(CCCNC(=O)[C@H](C)C2CCN(S(=O)(=O)c3ccc(Cl)s3)CC2)CC1. The molecule has 0 aromatic carbocycles. The number of thiophene rings is 1. The van der Waals surface area contributed by atoms with E-state index in [1.807, 2.05) is 6.92 Å². The van der Waals surface area contributed by atoms with Crippen LogP contribution in [0.3, 0.4) is 0 Å². The number of carbonyl (C=O) groups is 1. The van der Waals surface area contributed by atoms with E-state index in [-0.39, 0.29) is 22.0 Å². The Morgan fingerprint density at radius 2 is 1.81 bits per heavy atom. The average Bonchev–Trinajstić information content (AvgIpc) is 3.23. The third-order valence-electron chi connectivity index (χ3n) is 6.62. The molecule has 0 saturated carbocycles. The average molecular weight is 491 g/mol. The van der Waals surface area contributed by atoms with Crippen LogP contribution in [0.15, 0.2) is 16.3 Å². The fourth-order valence-electron chi connectivity index (χ4n) is 4.40. The molecule has 1 aromatic heterocycles. The first kappa shape index (κ1) is 24.9. The topological polar surface area (TPSA) is 73.0 Å². The van der Waals surface area contributed by atoms with Crippen LogP contribution in [-0.2, 0) is 14.8 Å². The lowest BCUT2D eigenvalue weighted by molar-refractivity contribution is -0.126. The fourth-order valence-corrected chi connectivity index (χ4v) is 7.50. The van der Waals surface area contributed by atoms with Crippen molar-refractivity contribution in [2.75, 3.05) is 58.9 Å². The first-order valence-electron chi connectivity index (χ1n) is 11.3. The van der Waals surface area contributed by atoms with Crippen molar-refractivity contribution in [3.05, 3.63) is 16.5 Å². The predicted octanol–water partition coefficient (Wildman–Crippen LogP) is 2.58. The van der Waals surface area contributed by atoms with Gasteiger partial charge < -0.3 is 15.1 Å². The molecule has 2 aliphatic heterocycles. The van der Waals surface area contributed by atoms with Gasteiger partial charge in [0.25, 0.3) is 10.0 Å². The van der Waals surface area contributed by atoms with E-state index in [9.17, 15) is 13.2 Å². The molecule has 1 aromatic rings. The number of carbonyl (C=O) groups excluding carboxylic acids is 1. The van der Waals surface area contributed by atoms with Crippen molar-refractivity contribution in [2.24, 2.45) is 11.8 Å². The van der Waals surface area contributed by atoms with Gasteiger partial charge in [0, 0.05) is 51.7 Å². The molecule has 31 heavy (non-hydrogen) atoms. The molecule has 1 atom stereocenters. The Bertz CT molecular complexity index is 816. The van der Waals surface area contributed by atoms with Crippen molar-refractivity contribution in [1.82, 2.24) is 19.4 Å². The van der Waals surface area contributed by atoms with E-state index in [4.69, 9.17) is 11.6 Å². The Hall–Kier alpha value is -0.710. The zero-order chi connectivity index (χ0) is 22.4. The van der Waals surface area contributed by atoms with Gasteiger partial charge in [0.15, 0.2) is 0 Å². The molecule has 2 saturated heterocycles. The number of halogens is 1. The summed E-state index contributed by atoms with van der Waals surface area (Å²) >= 11 is 6.99. The highest BCUT2D eigenvalue weighted by molar-refractivity contribution is 7.91. The van der Waals surface area contributed by atoms with E-state index >= 15 is 0 Å². The van der Waals surface area contributed by atoms with Gasteiger partial charge in [0.1, 0.15) is 4.21 Å². The Morgan fingerprint density at radius 1 is 1.16 bits per heavy atom. The molecule has 0 spiro atoms. The number of amides is 1. The second kappa shape index (κ2) is 11.4. The molecular formula is C21H35ClN4O3S2. The molecule has 1 amide bonds. The molecular weight excluding hydrogens is 456 g/mol. The maximum Gasteiger partial charge on any atom is 0.252 e. The van der Waals surface area contributed by atoms with Crippen LogP contribution in [0, 0.1) is 11.8 Å². The summed E-state index contributed by atoms with van der Waals surface area (Å²) in [5.74, 6) is 0.191. The van der Waals surface area contributed by atoms with Crippen LogP contribution < -0.4 is 5.32 Å². The molecule has 0 unspecified atom stereocenters. The zero-order valence-electron chi connectivity index (χ0n) is 18.6. The van der Waals surface area contributed by atoms with Crippen molar-refractivity contribution in [2.45, 2.75) is 37.3 Å². The molecule has 3 rings (SSSR count). The highest BCUT2D eigenvalue weighted by Crippen LogP contribution is 2.32. The predicted molar refractivity (Wildman–Crippen MR) is 126 cm³/mol. The van der Waals surface area contributed by atoms with Crippen LogP contribution in [0.1, 0.15) is 33.1 Å². The van der Waals surface area contributed by atoms with Gasteiger partial charge in [-0.3, -0.25) is 4.79 Å². The maximum absolute atomic E-state index is 12.7. The standard InChI is InChI=1S/C21H35ClN4O3S2/c1-3-24-13-15-25(16-14-24)10-4-9-23-21(27)17(2)18-7-11-26(12-8-18)31(28,29)20-6-5-19(22)30-20/h5-6,17-18H,3-4,7-16H2,1-2H3,(H,23,27)/t17-/m1/s1. The third kappa shape index (κ3) is 6.65. The third-order valence-corrected chi connectivity index (χ3v) is 10.2. The van der Waals surface area contributed by atoms with Gasteiger partial charge in [-0.2, -0.15) is 4.31 Å². The number of piperazine rings is 1. The van der Waals surface area contributed by atoms with Crippen LogP contribution in [-0.4, -0.2) is 87.3 Å². The van der Waals surface area contributed by atoms with Crippen molar-refractivity contribution < 1.29 is 13.2 Å². The molecule has 0 radical (unpaired) electrons. The van der Waals surface area contributed by atoms with E-state index < -0.39 is 10.0 Å². The smallest absolute Gasteiger partial charge is 0.252 e. The number of hydrogen-bond donors (Lipinski definition) is 1. The summed E-state index contributed by atoms with van der Waals surface area (Å²) in [6.45, 7) is 12.4. The normalized spacial score (nSPS) is 21.3. The molecule has 1 N–H and O–H groups in total. The van der Waals surface area contributed by atoms with Crippen LogP contribution in [0.25, 0.3) is 0 Å². The fraction of sp³-hybridized carbons (Fsp3) is 0.762. The van der Waals surface area contributed by atoms with Crippen LogP contribution in [0.5, 0.6) is 0 Å². The molecule has 7 nitrogen and oxygen atoms in total. The van der Waals surface area contributed by atoms with E-state index in [0.717, 1.165) is 57.0 Å². The zero-order valence-corrected chi connectivity index (χ0v) is 20.9. The van der Waals surface area contributed by atoms with Crippen LogP contribution in [0.4, 0.5) is 0 Å². The lowest BCUT2D eigenvalue weighted by Gasteiger charge is -2.34. The summed E-state index contributed by atoms with van der Waals surface area (Å²) < 4.78 is 27.8. The minimum Gasteiger partial charge on any atom is -0.356 e. The summed E-state index contributed by atoms with van der Waals surface area (Å²) in [5, 5.41) is 3.09. The minimum atomic E-state index is -3.48. The van der Waals surface area contributed by atoms with Gasteiger partial charge in [-0.05, 0) is 50.4 Å². The number of likely N-dealkylation sites (N-methyl/N-ethyl adjacent to an activating group) is 1. The lowest BCUT2D eigenvalue weighted by atomic mass is 9.85. The number of nitrogens with one attached hydrogen (secondary N) is 1. The summed E-state index contributed by atoms with van der Waals surface area (Å²) in [6, 6.07) is 3.18. The Morgan fingerprint density at radius 3 is 2.39 bits per heavy atom. The van der Waals surface area contributed by atoms with Gasteiger partial charge >= 0.3 is 0 Å². The monoisotopic (exact) mass is 490 g/mol. The molecule has 3 heterocycles. The van der Waals surface area contributed by atoms with Crippen molar-refractivity contribution in [1.29, 1.82) is 0 Å². The highest BCUT2D eigenvalue weighted by atomic mass is 35.5. The second-order valence-electron chi connectivity index (χ2n) is 8.51. The van der Waals surface area contributed by atoms with Gasteiger partial charge in [-0.1, -0.05) is 25.4 Å². The number of nitrogens with zero attached hydrogens (tertiary/aromatic N) is 3. The second-order valence-corrected chi connectivity index (χ2v) is 12.4. The molecule has 2 aliphatic rings. The lowest BCUT2D eigenvalue weighted by Crippen LogP contribution is -2.47. The van der Waals surface area contributed by atoms with Gasteiger partial charge in [-0.15, -0.1) is 11.3 Å². The largest absolute Gasteiger partial charge is 0.356 e. The van der Waals surface area contributed by atoms with Crippen LogP contribution >= 0.6 is 22.9 Å². The summed E-state index contributed by atoms with van der Waals surface area (Å²) in [6.07, 6.45) is 2.37. The van der Waals surface area contributed by atoms with Crippen molar-refractivity contribution in [3.63, 3.8) is 0 Å². The Labute approximate surface area is 195 Å². The van der Waals surface area contributed by atoms with E-state index in [0.29, 0.717) is 36.8 Å². The molecule has 2 fully saturated rings. The highest BCUT2D eigenvalue weighted by Gasteiger charge is 2.34. The number of sulfonamides is 1. The van der Waals surface area contributed by atoms with Crippen molar-refractivity contribution in [3.8, 4) is 0 Å². The number of rotatable bonds is 9. The first-order valence-corrected chi connectivity index (χ1v) is 13.9. The number of piperidine rings is 1. The summed E-state index contributed by atoms with van der Waals surface area (Å²) in [7, 11) is -3.48. The van der Waals surface area contributed by atoms with Gasteiger partial charge in [0.05, 0.1) is 4.34 Å². The van der Waals surface area contributed by atoms with Crippen LogP contribution in [0.2, 0.25) is 4.34 Å². The van der Waals surface area contributed by atoms with E-state index in [1.165, 1.54) is 4.31 Å². The molecule has 0 bridgehead atoms. The summed E-state index contributed by atoms with van der Waals surface area (Å²) in [5.41, 5.74) is 0. The van der Waals surface area contributed by atoms with E-state index in [2.05, 4.69) is 22.0 Å². The Kier molecular flexibility index (Phi) is 9.19. The van der Waals surface area contributed by atoms with Gasteiger partial charge in [0.2, 0.25) is 5.91 Å². The van der Waals surface area contributed by atoms with Crippen molar-refractivity contribution >= 4 is 38.9 Å². The Balaban J connectivity index is 1.36. The van der Waals surface area contributed by atoms with Gasteiger partial charge in [-0.25, -0.2) is 8.42 Å². The molecule has 0 aliphatic carbocycles. The maximum atomic E-state index is 12.7. The van der Waals surface area contributed by atoms with E-state index in [1.54, 1.807) is 12.1 Å². The quantitative estimate of drug-likeness (QED) is 0.538. The minimum absolute atomic E-state index is 0.0853. The molecule has 176 valence electrons. The first-order chi connectivity index (χ1) is 14.8.